The van der Waals surface area contributed by atoms with E-state index in [0.29, 0.717) is 24.3 Å². The lowest BCUT2D eigenvalue weighted by Crippen LogP contribution is -2.45. The van der Waals surface area contributed by atoms with Crippen LogP contribution in [0.1, 0.15) is 46.1 Å². The fourth-order valence-electron chi connectivity index (χ4n) is 4.80. The van der Waals surface area contributed by atoms with Crippen molar-refractivity contribution in [3.63, 3.8) is 0 Å². The number of esters is 1. The summed E-state index contributed by atoms with van der Waals surface area (Å²) < 4.78 is 18.7. The normalized spacial score (nSPS) is 18.8. The van der Waals surface area contributed by atoms with Gasteiger partial charge in [-0.15, -0.1) is 10.2 Å². The van der Waals surface area contributed by atoms with E-state index < -0.39 is 24.3 Å². The van der Waals surface area contributed by atoms with Crippen LogP contribution in [0.15, 0.2) is 83.2 Å². The van der Waals surface area contributed by atoms with Gasteiger partial charge in [-0.2, -0.15) is 0 Å². The molecule has 44 heavy (non-hydrogen) atoms. The number of aryl methyl sites for hydroxylation is 1. The third-order valence-electron chi connectivity index (χ3n) is 7.01. The molecule has 1 aliphatic rings. The molecule has 12 heteroatoms. The molecule has 0 radical (unpaired) electrons. The maximum atomic E-state index is 13.0. The van der Waals surface area contributed by atoms with E-state index in [1.807, 2.05) is 73.7 Å². The lowest BCUT2D eigenvalue weighted by atomic mass is 10.0. The molecule has 0 aliphatic carbocycles. The van der Waals surface area contributed by atoms with Crippen LogP contribution in [0.5, 0.6) is 0 Å². The number of ether oxygens (including phenoxy) is 3. The molecule has 3 N–H and O–H groups in total. The van der Waals surface area contributed by atoms with Crippen LogP contribution in [-0.2, 0) is 32.0 Å². The zero-order valence-electron chi connectivity index (χ0n) is 24.3. The summed E-state index contributed by atoms with van der Waals surface area (Å²) in [5.41, 5.74) is 3.95. The maximum absolute atomic E-state index is 13.0. The van der Waals surface area contributed by atoms with Gasteiger partial charge < -0.3 is 30.0 Å². The smallest absolute Gasteiger partial charge is 0.328 e. The highest BCUT2D eigenvalue weighted by molar-refractivity contribution is 8.01. The minimum Gasteiger partial charge on any atom is -0.467 e. The van der Waals surface area contributed by atoms with Gasteiger partial charge in [0.15, 0.2) is 10.6 Å². The van der Waals surface area contributed by atoms with Crippen molar-refractivity contribution in [2.75, 3.05) is 18.2 Å². The van der Waals surface area contributed by atoms with Crippen molar-refractivity contribution < 1.29 is 28.9 Å². The van der Waals surface area contributed by atoms with E-state index in [1.165, 1.54) is 7.11 Å². The summed E-state index contributed by atoms with van der Waals surface area (Å²) in [6, 6.07) is 23.0. The molecule has 3 aromatic carbocycles. The number of carbonyl (C=O) groups is 2. The molecule has 2 amide bonds. The van der Waals surface area contributed by atoms with Gasteiger partial charge in [0, 0.05) is 29.8 Å². The highest BCUT2D eigenvalue weighted by atomic mass is 32.2. The largest absolute Gasteiger partial charge is 0.467 e. The summed E-state index contributed by atoms with van der Waals surface area (Å²) in [5.74, 6) is 0.128. The van der Waals surface area contributed by atoms with Crippen molar-refractivity contribution >= 4 is 40.8 Å². The van der Waals surface area contributed by atoms with Gasteiger partial charge in [-0.25, -0.2) is 9.59 Å². The predicted octanol–water partition coefficient (Wildman–Crippen LogP) is 5.58. The molecule has 1 aromatic heterocycles. The standard InChI is InChI=1S/C32H34N4O6S2/c1-20-35-36-32(44-20)43-19-26-17-28(23-13-11-22(18-37)12-14-23)42-30(41-26)24-9-6-10-25(16-24)33-31(39)34-27(29(38)40-2)15-21-7-4-3-5-8-21/h3-14,16,26-28,30,37H,15,17-19H2,1-2H3,(H2,33,34,39)/t26-,27+,28+,30+/m1/s1. The Bertz CT molecular complexity index is 1540. The molecule has 1 fully saturated rings. The quantitative estimate of drug-likeness (QED) is 0.143. The minimum atomic E-state index is -0.858. The van der Waals surface area contributed by atoms with Gasteiger partial charge in [0.2, 0.25) is 0 Å². The number of nitrogens with one attached hydrogen (secondary N) is 2. The SMILES string of the molecule is COC(=O)[C@H](Cc1ccccc1)NC(=O)Nc1cccc([C@H]2O[C@@H](CSc3nnc(C)s3)C[C@@H](c3ccc(CO)cc3)O2)c1. The van der Waals surface area contributed by atoms with Crippen LogP contribution >= 0.6 is 23.1 Å². The topological polar surface area (TPSA) is 132 Å². The number of anilines is 1. The van der Waals surface area contributed by atoms with E-state index in [0.717, 1.165) is 31.6 Å². The van der Waals surface area contributed by atoms with Crippen molar-refractivity contribution in [2.45, 2.75) is 55.3 Å². The van der Waals surface area contributed by atoms with Crippen LogP contribution in [0.25, 0.3) is 0 Å². The number of aliphatic hydroxyl groups excluding tert-OH is 1. The number of aromatic nitrogens is 2. The highest BCUT2D eigenvalue weighted by Crippen LogP contribution is 2.40. The average Bonchev–Trinajstić information content (AvgIpc) is 3.48. The third-order valence-corrected chi connectivity index (χ3v) is 9.11. The Morgan fingerprint density at radius 2 is 1.82 bits per heavy atom. The number of amides is 2. The number of benzene rings is 3. The van der Waals surface area contributed by atoms with Crippen LogP contribution in [0.2, 0.25) is 0 Å². The van der Waals surface area contributed by atoms with E-state index in [-0.39, 0.29) is 18.8 Å². The second kappa shape index (κ2) is 15.3. The van der Waals surface area contributed by atoms with Crippen LogP contribution in [0.4, 0.5) is 10.5 Å². The Morgan fingerprint density at radius 3 is 2.52 bits per heavy atom. The first-order chi connectivity index (χ1) is 21.4. The maximum Gasteiger partial charge on any atom is 0.328 e. The van der Waals surface area contributed by atoms with Crippen molar-refractivity contribution in [1.29, 1.82) is 0 Å². The fraction of sp³-hybridized carbons (Fsp3) is 0.312. The Morgan fingerprint density at radius 1 is 1.02 bits per heavy atom. The van der Waals surface area contributed by atoms with E-state index in [9.17, 15) is 14.7 Å². The first-order valence-electron chi connectivity index (χ1n) is 14.1. The number of carbonyl (C=O) groups excluding carboxylic acids is 2. The number of hydrogen-bond donors (Lipinski definition) is 3. The molecule has 1 aliphatic heterocycles. The summed E-state index contributed by atoms with van der Waals surface area (Å²) in [7, 11) is 1.29. The lowest BCUT2D eigenvalue weighted by molar-refractivity contribution is -0.245. The van der Waals surface area contributed by atoms with Crippen LogP contribution < -0.4 is 10.6 Å². The zero-order chi connectivity index (χ0) is 30.9. The van der Waals surface area contributed by atoms with E-state index in [2.05, 4.69) is 20.8 Å². The number of aliphatic hydroxyl groups is 1. The molecule has 0 bridgehead atoms. The number of rotatable bonds is 11. The zero-order valence-corrected chi connectivity index (χ0v) is 26.0. The summed E-state index contributed by atoms with van der Waals surface area (Å²) in [6.07, 6.45) is -0.164. The molecule has 4 aromatic rings. The molecular weight excluding hydrogens is 601 g/mol. The van der Waals surface area contributed by atoms with Crippen molar-refractivity contribution in [2.24, 2.45) is 0 Å². The Labute approximate surface area is 264 Å². The van der Waals surface area contributed by atoms with E-state index in [1.54, 1.807) is 35.2 Å². The molecule has 0 spiro atoms. The first kappa shape index (κ1) is 31.6. The van der Waals surface area contributed by atoms with Gasteiger partial charge >= 0.3 is 12.0 Å². The van der Waals surface area contributed by atoms with E-state index >= 15 is 0 Å². The number of methoxy groups -OCH3 is 1. The Balaban J connectivity index is 1.29. The van der Waals surface area contributed by atoms with Gasteiger partial charge in [-0.3, -0.25) is 0 Å². The molecule has 1 saturated heterocycles. The minimum absolute atomic E-state index is 0.0297. The number of thioether (sulfide) groups is 1. The second-order valence-corrected chi connectivity index (χ2v) is 12.7. The Hall–Kier alpha value is -3.81. The number of hydrogen-bond acceptors (Lipinski definition) is 10. The molecule has 2 heterocycles. The third kappa shape index (κ3) is 8.64. The van der Waals surface area contributed by atoms with E-state index in [4.69, 9.17) is 14.2 Å². The average molecular weight is 635 g/mol. The van der Waals surface area contributed by atoms with Gasteiger partial charge in [0.05, 0.1) is 25.9 Å². The molecule has 230 valence electrons. The fourth-order valence-corrected chi connectivity index (χ4v) is 6.66. The van der Waals surface area contributed by atoms with Gasteiger partial charge in [-0.1, -0.05) is 89.8 Å². The first-order valence-corrected chi connectivity index (χ1v) is 15.9. The summed E-state index contributed by atoms with van der Waals surface area (Å²) in [6.45, 7) is 1.90. The molecule has 5 rings (SSSR count). The number of nitrogens with zero attached hydrogens (tertiary/aromatic N) is 2. The highest BCUT2D eigenvalue weighted by Gasteiger charge is 2.33. The number of urea groups is 1. The van der Waals surface area contributed by atoms with Crippen molar-refractivity contribution in [3.8, 4) is 0 Å². The van der Waals surface area contributed by atoms with Gasteiger partial charge in [0.1, 0.15) is 11.0 Å². The Kier molecular flexibility index (Phi) is 11.0. The molecular formula is C32H34N4O6S2. The summed E-state index contributed by atoms with van der Waals surface area (Å²) in [4.78, 5) is 25.4. The summed E-state index contributed by atoms with van der Waals surface area (Å²) in [5, 5.41) is 24.3. The lowest BCUT2D eigenvalue weighted by Gasteiger charge is -2.36. The molecule has 10 nitrogen and oxygen atoms in total. The molecule has 0 saturated carbocycles. The molecule has 0 unspecified atom stereocenters. The second-order valence-electron chi connectivity index (χ2n) is 10.2. The van der Waals surface area contributed by atoms with Crippen molar-refractivity contribution in [1.82, 2.24) is 15.5 Å². The van der Waals surface area contributed by atoms with Crippen LogP contribution in [-0.4, -0.2) is 52.3 Å². The molecule has 4 atom stereocenters. The van der Waals surface area contributed by atoms with Crippen molar-refractivity contribution in [3.05, 3.63) is 106 Å². The van der Waals surface area contributed by atoms with Gasteiger partial charge in [0.25, 0.3) is 0 Å². The van der Waals surface area contributed by atoms with Crippen LogP contribution in [0.3, 0.4) is 0 Å². The van der Waals surface area contributed by atoms with Gasteiger partial charge in [-0.05, 0) is 35.7 Å². The monoisotopic (exact) mass is 634 g/mol. The predicted molar refractivity (Wildman–Crippen MR) is 168 cm³/mol. The van der Waals surface area contributed by atoms with Crippen LogP contribution in [0, 0.1) is 6.92 Å². The summed E-state index contributed by atoms with van der Waals surface area (Å²) >= 11 is 3.14.